The van der Waals surface area contributed by atoms with Crippen LogP contribution in [-0.4, -0.2) is 45.6 Å². The van der Waals surface area contributed by atoms with Crippen molar-refractivity contribution in [1.82, 2.24) is 0 Å². The van der Waals surface area contributed by atoms with Crippen LogP contribution in [0.3, 0.4) is 0 Å². The SMILES string of the molecule is C=COCCOC=C.Cc1ccc(O)c(CCC(=O)O)c1C(C)(C)C.Cc1ccc(O)c(CCC(=O)O)c1C(C)(C)C. The van der Waals surface area contributed by atoms with Crippen molar-refractivity contribution in [2.45, 2.75) is 91.9 Å². The second-order valence-corrected chi connectivity index (χ2v) is 11.9. The molecule has 0 heterocycles. The number of aromatic hydroxyl groups is 2. The molecule has 2 aromatic carbocycles. The van der Waals surface area contributed by atoms with Gasteiger partial charge in [0.2, 0.25) is 0 Å². The number of benzene rings is 2. The van der Waals surface area contributed by atoms with Gasteiger partial charge in [0.05, 0.1) is 12.5 Å². The summed E-state index contributed by atoms with van der Waals surface area (Å²) in [5.74, 6) is -1.29. The molecule has 4 N–H and O–H groups in total. The van der Waals surface area contributed by atoms with E-state index in [4.69, 9.17) is 19.7 Å². The molecule has 2 aromatic rings. The lowest BCUT2D eigenvalue weighted by atomic mass is 9.79. The summed E-state index contributed by atoms with van der Waals surface area (Å²) in [6, 6.07) is 7.03. The van der Waals surface area contributed by atoms with E-state index in [-0.39, 0.29) is 35.2 Å². The molecule has 0 aliphatic rings. The molecule has 2 rings (SSSR count). The number of carboxylic acids is 2. The maximum Gasteiger partial charge on any atom is 0.303 e. The summed E-state index contributed by atoms with van der Waals surface area (Å²) in [6.45, 7) is 24.2. The maximum absolute atomic E-state index is 10.6. The Balaban J connectivity index is 0.000000642. The highest BCUT2D eigenvalue weighted by Crippen LogP contribution is 2.36. The van der Waals surface area contributed by atoms with Gasteiger partial charge in [-0.05, 0) is 83.0 Å². The third kappa shape index (κ3) is 13.6. The predicted octanol–water partition coefficient (Wildman–Crippen LogP) is 7.34. The number of phenolic OH excluding ortho intramolecular Hbond substituents is 2. The molecular weight excluding hydrogens is 536 g/mol. The molecular formula is C34H50O8. The fraction of sp³-hybridized carbons (Fsp3) is 0.471. The summed E-state index contributed by atoms with van der Waals surface area (Å²) in [5.41, 5.74) is 5.62. The van der Waals surface area contributed by atoms with E-state index >= 15 is 0 Å². The number of rotatable bonds is 11. The van der Waals surface area contributed by atoms with Crippen LogP contribution < -0.4 is 0 Å². The molecule has 0 spiro atoms. The Morgan fingerprint density at radius 2 is 1.00 bits per heavy atom. The van der Waals surface area contributed by atoms with E-state index in [1.54, 1.807) is 12.1 Å². The molecule has 0 atom stereocenters. The summed E-state index contributed by atoms with van der Waals surface area (Å²) >= 11 is 0. The van der Waals surface area contributed by atoms with Gasteiger partial charge in [-0.2, -0.15) is 0 Å². The average Bonchev–Trinajstić information content (AvgIpc) is 2.86. The van der Waals surface area contributed by atoms with Crippen molar-refractivity contribution in [3.8, 4) is 11.5 Å². The lowest BCUT2D eigenvalue weighted by molar-refractivity contribution is -0.138. The largest absolute Gasteiger partial charge is 0.508 e. The molecule has 0 saturated carbocycles. The standard InChI is InChI=1S/2C14H20O3.C6H10O2/c2*1-9-5-7-11(15)10(6-8-12(16)17)13(9)14(2,3)4;1-3-7-5-6-8-4-2/h2*5,7,15H,6,8H2,1-4H3,(H,16,17);3-4H,1-2,5-6H2. The second kappa shape index (κ2) is 17.8. The molecule has 0 saturated heterocycles. The van der Waals surface area contributed by atoms with Gasteiger partial charge >= 0.3 is 11.9 Å². The predicted molar refractivity (Wildman–Crippen MR) is 167 cm³/mol. The molecule has 0 amide bonds. The highest BCUT2D eigenvalue weighted by Gasteiger charge is 2.24. The number of ether oxygens (including phenoxy) is 2. The highest BCUT2D eigenvalue weighted by atomic mass is 16.5. The van der Waals surface area contributed by atoms with Crippen LogP contribution in [0.25, 0.3) is 0 Å². The number of aliphatic carboxylic acids is 2. The van der Waals surface area contributed by atoms with Gasteiger partial charge in [0.1, 0.15) is 24.7 Å². The van der Waals surface area contributed by atoms with E-state index in [1.165, 1.54) is 12.5 Å². The van der Waals surface area contributed by atoms with Gasteiger partial charge in [-0.3, -0.25) is 9.59 Å². The van der Waals surface area contributed by atoms with Crippen molar-refractivity contribution in [2.24, 2.45) is 0 Å². The fourth-order valence-electron chi connectivity index (χ4n) is 4.83. The van der Waals surface area contributed by atoms with Gasteiger partial charge < -0.3 is 29.9 Å². The lowest BCUT2D eigenvalue weighted by Crippen LogP contribution is -2.17. The average molecular weight is 587 g/mol. The third-order valence-electron chi connectivity index (χ3n) is 6.23. The van der Waals surface area contributed by atoms with Crippen molar-refractivity contribution in [3.63, 3.8) is 0 Å². The first kappa shape index (κ1) is 38.1. The summed E-state index contributed by atoms with van der Waals surface area (Å²) in [7, 11) is 0. The van der Waals surface area contributed by atoms with Gasteiger partial charge in [-0.1, -0.05) is 66.8 Å². The number of hydrogen-bond donors (Lipinski definition) is 4. The van der Waals surface area contributed by atoms with Crippen LogP contribution in [0.2, 0.25) is 0 Å². The van der Waals surface area contributed by atoms with Crippen LogP contribution in [0.15, 0.2) is 49.9 Å². The van der Waals surface area contributed by atoms with Crippen molar-refractivity contribution in [1.29, 1.82) is 0 Å². The molecule has 8 nitrogen and oxygen atoms in total. The van der Waals surface area contributed by atoms with Crippen LogP contribution >= 0.6 is 0 Å². The Kier molecular flexibility index (Phi) is 16.1. The molecule has 0 aliphatic carbocycles. The first-order chi connectivity index (χ1) is 19.4. The molecule has 0 radical (unpaired) electrons. The molecule has 42 heavy (non-hydrogen) atoms. The van der Waals surface area contributed by atoms with E-state index in [2.05, 4.69) is 54.7 Å². The Labute approximate surface area is 251 Å². The molecule has 0 unspecified atom stereocenters. The number of phenols is 2. The van der Waals surface area contributed by atoms with E-state index in [9.17, 15) is 19.8 Å². The van der Waals surface area contributed by atoms with Crippen LogP contribution in [0, 0.1) is 13.8 Å². The Hall–Kier alpha value is -3.94. The summed E-state index contributed by atoms with van der Waals surface area (Å²) < 4.78 is 9.45. The van der Waals surface area contributed by atoms with Crippen LogP contribution in [-0.2, 0) is 42.7 Å². The fourth-order valence-corrected chi connectivity index (χ4v) is 4.83. The van der Waals surface area contributed by atoms with E-state index in [1.807, 2.05) is 26.0 Å². The summed E-state index contributed by atoms with van der Waals surface area (Å²) in [5, 5.41) is 37.3. The smallest absolute Gasteiger partial charge is 0.303 e. The number of carbonyl (C=O) groups is 2. The Morgan fingerprint density at radius 3 is 1.24 bits per heavy atom. The van der Waals surface area contributed by atoms with Gasteiger partial charge in [0.25, 0.3) is 0 Å². The molecule has 8 heteroatoms. The zero-order valence-corrected chi connectivity index (χ0v) is 26.5. The minimum absolute atomic E-state index is 0.0418. The van der Waals surface area contributed by atoms with Crippen molar-refractivity contribution in [3.05, 3.63) is 83.3 Å². The lowest BCUT2D eigenvalue weighted by Gasteiger charge is -2.26. The molecule has 0 fully saturated rings. The van der Waals surface area contributed by atoms with E-state index < -0.39 is 11.9 Å². The number of hydrogen-bond acceptors (Lipinski definition) is 6. The zero-order valence-electron chi connectivity index (χ0n) is 26.5. The molecule has 0 aliphatic heterocycles. The molecule has 234 valence electrons. The van der Waals surface area contributed by atoms with Gasteiger partial charge in [-0.15, -0.1) is 0 Å². The van der Waals surface area contributed by atoms with Crippen LogP contribution in [0.4, 0.5) is 0 Å². The molecule has 0 aromatic heterocycles. The minimum atomic E-state index is -0.842. The second-order valence-electron chi connectivity index (χ2n) is 11.9. The summed E-state index contributed by atoms with van der Waals surface area (Å²) in [4.78, 5) is 21.3. The first-order valence-corrected chi connectivity index (χ1v) is 13.9. The highest BCUT2D eigenvalue weighted by molar-refractivity contribution is 5.68. The third-order valence-corrected chi connectivity index (χ3v) is 6.23. The topological polar surface area (TPSA) is 134 Å². The zero-order chi connectivity index (χ0) is 32.7. The van der Waals surface area contributed by atoms with Crippen LogP contribution in [0.5, 0.6) is 11.5 Å². The maximum atomic E-state index is 10.6. The van der Waals surface area contributed by atoms with Gasteiger partial charge in [0.15, 0.2) is 0 Å². The minimum Gasteiger partial charge on any atom is -0.508 e. The Bertz CT molecular complexity index is 1090. The van der Waals surface area contributed by atoms with Crippen LogP contribution in [0.1, 0.15) is 87.8 Å². The Morgan fingerprint density at radius 1 is 0.690 bits per heavy atom. The van der Waals surface area contributed by atoms with E-state index in [0.717, 1.165) is 33.4 Å². The summed E-state index contributed by atoms with van der Waals surface area (Å²) in [6.07, 6.45) is 3.59. The first-order valence-electron chi connectivity index (χ1n) is 13.9. The quantitative estimate of drug-likeness (QED) is 0.159. The van der Waals surface area contributed by atoms with Crippen molar-refractivity contribution in [2.75, 3.05) is 13.2 Å². The van der Waals surface area contributed by atoms with Gasteiger partial charge in [0, 0.05) is 12.8 Å². The molecule has 0 bridgehead atoms. The van der Waals surface area contributed by atoms with Crippen molar-refractivity contribution >= 4 is 11.9 Å². The normalized spacial score (nSPS) is 10.8. The van der Waals surface area contributed by atoms with Crippen molar-refractivity contribution < 1.29 is 39.5 Å². The monoisotopic (exact) mass is 586 g/mol. The van der Waals surface area contributed by atoms with Gasteiger partial charge in [-0.25, -0.2) is 0 Å². The number of aryl methyl sites for hydroxylation is 2. The number of carboxylic acid groups (broad SMARTS) is 2. The van der Waals surface area contributed by atoms with E-state index in [0.29, 0.717) is 26.1 Å².